The third kappa shape index (κ3) is 3.44. The molecule has 10 heavy (non-hydrogen) atoms. The Morgan fingerprint density at radius 3 is 2.10 bits per heavy atom. The van der Waals surface area contributed by atoms with Crippen molar-refractivity contribution in [1.82, 2.24) is 0 Å². The predicted molar refractivity (Wildman–Crippen MR) is 43.5 cm³/mol. The summed E-state index contributed by atoms with van der Waals surface area (Å²) in [5.41, 5.74) is 1.83. The molecule has 0 aliphatic carbocycles. The summed E-state index contributed by atoms with van der Waals surface area (Å²) >= 11 is 0. The molecule has 0 amide bonds. The molecule has 0 aromatic rings. The van der Waals surface area contributed by atoms with Gasteiger partial charge in [-0.25, -0.2) is 4.39 Å². The largest absolute Gasteiger partial charge is 0.207 e. The van der Waals surface area contributed by atoms with Gasteiger partial charge in [-0.3, -0.25) is 0 Å². The fourth-order valence-electron chi connectivity index (χ4n) is 0.463. The van der Waals surface area contributed by atoms with Crippen LogP contribution in [-0.2, 0) is 0 Å². The summed E-state index contributed by atoms with van der Waals surface area (Å²) < 4.78 is 12.8. The number of halogens is 1. The Kier molecular flexibility index (Phi) is 4.01. The van der Waals surface area contributed by atoms with Crippen molar-refractivity contribution in [2.75, 3.05) is 0 Å². The molecule has 0 N–H and O–H groups in total. The van der Waals surface area contributed by atoms with Gasteiger partial charge in [-0.1, -0.05) is 12.5 Å². The van der Waals surface area contributed by atoms with E-state index in [9.17, 15) is 4.39 Å². The summed E-state index contributed by atoms with van der Waals surface area (Å²) in [6, 6.07) is 0. The van der Waals surface area contributed by atoms with Gasteiger partial charge in [0.05, 0.1) is 0 Å². The molecule has 0 rings (SSSR count). The van der Waals surface area contributed by atoms with E-state index in [4.69, 9.17) is 0 Å². The van der Waals surface area contributed by atoms with Gasteiger partial charge in [0.1, 0.15) is 5.83 Å². The number of hydrogen-bond donors (Lipinski definition) is 0. The summed E-state index contributed by atoms with van der Waals surface area (Å²) in [5.74, 6) is -0.0978. The molecule has 58 valence electrons. The zero-order valence-electron chi connectivity index (χ0n) is 7.16. The second-order valence-electron chi connectivity index (χ2n) is 2.69. The zero-order valence-corrected chi connectivity index (χ0v) is 7.16. The van der Waals surface area contributed by atoms with E-state index in [0.717, 1.165) is 17.6 Å². The highest BCUT2D eigenvalue weighted by Crippen LogP contribution is 2.10. The minimum absolute atomic E-state index is 0.0978. The highest BCUT2D eigenvalue weighted by atomic mass is 19.1. The Morgan fingerprint density at radius 2 is 1.80 bits per heavy atom. The van der Waals surface area contributed by atoms with Crippen LogP contribution in [0.3, 0.4) is 0 Å². The van der Waals surface area contributed by atoms with Crippen molar-refractivity contribution < 1.29 is 4.39 Å². The van der Waals surface area contributed by atoms with Gasteiger partial charge >= 0.3 is 0 Å². The Hall–Kier alpha value is -0.590. The Labute approximate surface area is 62.4 Å². The van der Waals surface area contributed by atoms with E-state index in [1.54, 1.807) is 19.9 Å². The fraction of sp³-hybridized carbons (Fsp3) is 0.556. The minimum atomic E-state index is -0.0978. The topological polar surface area (TPSA) is 0 Å². The molecule has 0 bridgehead atoms. The van der Waals surface area contributed by atoms with Gasteiger partial charge in [-0.05, 0) is 38.8 Å². The molecule has 0 atom stereocenters. The first-order chi connectivity index (χ1) is 4.57. The summed E-state index contributed by atoms with van der Waals surface area (Å²) in [6.45, 7) is 7.50. The van der Waals surface area contributed by atoms with Crippen molar-refractivity contribution in [3.8, 4) is 0 Å². The van der Waals surface area contributed by atoms with Crippen LogP contribution in [0.4, 0.5) is 4.39 Å². The average molecular weight is 142 g/mol. The van der Waals surface area contributed by atoms with E-state index in [-0.39, 0.29) is 5.83 Å². The molecule has 0 fully saturated rings. The van der Waals surface area contributed by atoms with E-state index >= 15 is 0 Å². The predicted octanol–water partition coefficient (Wildman–Crippen LogP) is 3.61. The monoisotopic (exact) mass is 142 g/mol. The van der Waals surface area contributed by atoms with Crippen LogP contribution < -0.4 is 0 Å². The molecule has 0 aliphatic heterocycles. The number of rotatable bonds is 2. The standard InChI is InChI=1S/C9H15F/c1-5-8(4)6-9(10)7(2)3/h6H,5H2,1-4H3/b8-6-. The minimum Gasteiger partial charge on any atom is -0.207 e. The third-order valence-electron chi connectivity index (χ3n) is 1.41. The zero-order chi connectivity index (χ0) is 8.15. The molecule has 0 unspecified atom stereocenters. The van der Waals surface area contributed by atoms with Gasteiger partial charge in [0.15, 0.2) is 0 Å². The lowest BCUT2D eigenvalue weighted by Gasteiger charge is -1.94. The first kappa shape index (κ1) is 9.41. The van der Waals surface area contributed by atoms with Crippen molar-refractivity contribution in [3.05, 3.63) is 23.0 Å². The lowest BCUT2D eigenvalue weighted by Crippen LogP contribution is -1.75. The molecular weight excluding hydrogens is 127 g/mol. The Morgan fingerprint density at radius 1 is 1.30 bits per heavy atom. The SMILES string of the molecule is CC/C(C)=C\C(F)=C(C)C. The second-order valence-corrected chi connectivity index (χ2v) is 2.69. The van der Waals surface area contributed by atoms with Crippen LogP contribution >= 0.6 is 0 Å². The van der Waals surface area contributed by atoms with Gasteiger partial charge in [0.2, 0.25) is 0 Å². The molecule has 0 saturated carbocycles. The molecule has 0 spiro atoms. The van der Waals surface area contributed by atoms with Crippen molar-refractivity contribution in [3.63, 3.8) is 0 Å². The molecular formula is C9H15F. The molecule has 0 heterocycles. The average Bonchev–Trinajstić information content (AvgIpc) is 1.87. The number of hydrogen-bond acceptors (Lipinski definition) is 0. The first-order valence-electron chi connectivity index (χ1n) is 3.58. The molecule has 0 nitrogen and oxygen atoms in total. The summed E-state index contributed by atoms with van der Waals surface area (Å²) in [6.07, 6.45) is 2.51. The highest BCUT2D eigenvalue weighted by molar-refractivity contribution is 5.20. The third-order valence-corrected chi connectivity index (χ3v) is 1.41. The molecule has 0 radical (unpaired) electrons. The smallest absolute Gasteiger partial charge is 0.121 e. The van der Waals surface area contributed by atoms with Crippen molar-refractivity contribution >= 4 is 0 Å². The quantitative estimate of drug-likeness (QED) is 0.517. The molecule has 0 saturated heterocycles. The van der Waals surface area contributed by atoms with Crippen molar-refractivity contribution in [2.45, 2.75) is 34.1 Å². The van der Waals surface area contributed by atoms with Gasteiger partial charge in [-0.2, -0.15) is 0 Å². The van der Waals surface area contributed by atoms with Crippen LogP contribution in [0.5, 0.6) is 0 Å². The lowest BCUT2D eigenvalue weighted by molar-refractivity contribution is 0.651. The van der Waals surface area contributed by atoms with Crippen molar-refractivity contribution in [2.24, 2.45) is 0 Å². The molecule has 0 aliphatic rings. The van der Waals surface area contributed by atoms with E-state index in [1.165, 1.54) is 0 Å². The van der Waals surface area contributed by atoms with Crippen LogP contribution in [0.2, 0.25) is 0 Å². The van der Waals surface area contributed by atoms with Gasteiger partial charge in [-0.15, -0.1) is 0 Å². The fourth-order valence-corrected chi connectivity index (χ4v) is 0.463. The van der Waals surface area contributed by atoms with Crippen LogP contribution in [0.25, 0.3) is 0 Å². The van der Waals surface area contributed by atoms with E-state index in [2.05, 4.69) is 0 Å². The van der Waals surface area contributed by atoms with Crippen LogP contribution in [-0.4, -0.2) is 0 Å². The normalized spacial score (nSPS) is 11.5. The second kappa shape index (κ2) is 4.26. The highest BCUT2D eigenvalue weighted by Gasteiger charge is 1.92. The molecule has 0 aromatic carbocycles. The van der Waals surface area contributed by atoms with Crippen LogP contribution in [0.15, 0.2) is 23.0 Å². The van der Waals surface area contributed by atoms with Gasteiger partial charge < -0.3 is 0 Å². The maximum atomic E-state index is 12.8. The van der Waals surface area contributed by atoms with E-state index in [1.807, 2.05) is 13.8 Å². The maximum absolute atomic E-state index is 12.8. The molecule has 1 heteroatoms. The Balaban J connectivity index is 4.27. The van der Waals surface area contributed by atoms with Gasteiger partial charge in [0.25, 0.3) is 0 Å². The van der Waals surface area contributed by atoms with E-state index in [0.29, 0.717) is 0 Å². The number of allylic oxidation sites excluding steroid dienone is 4. The summed E-state index contributed by atoms with van der Waals surface area (Å²) in [5, 5.41) is 0. The van der Waals surface area contributed by atoms with Crippen molar-refractivity contribution in [1.29, 1.82) is 0 Å². The van der Waals surface area contributed by atoms with Gasteiger partial charge in [0, 0.05) is 0 Å². The summed E-state index contributed by atoms with van der Waals surface area (Å²) in [4.78, 5) is 0. The van der Waals surface area contributed by atoms with Crippen LogP contribution in [0.1, 0.15) is 34.1 Å². The molecule has 0 aromatic heterocycles. The maximum Gasteiger partial charge on any atom is 0.121 e. The lowest BCUT2D eigenvalue weighted by atomic mass is 10.2. The van der Waals surface area contributed by atoms with Crippen LogP contribution in [0, 0.1) is 0 Å². The van der Waals surface area contributed by atoms with E-state index < -0.39 is 0 Å². The summed E-state index contributed by atoms with van der Waals surface area (Å²) in [7, 11) is 0. The first-order valence-corrected chi connectivity index (χ1v) is 3.58. The Bertz CT molecular complexity index is 160.